The number of benzene rings is 1. The number of ether oxygens (including phenoxy) is 1. The molecule has 3 heterocycles. The van der Waals surface area contributed by atoms with Gasteiger partial charge in [-0.25, -0.2) is 0 Å². The zero-order valence-corrected chi connectivity index (χ0v) is 15.2. The van der Waals surface area contributed by atoms with Crippen molar-refractivity contribution in [2.75, 3.05) is 39.4 Å². The second kappa shape index (κ2) is 6.93. The molecule has 140 valence electrons. The summed E-state index contributed by atoms with van der Waals surface area (Å²) in [4.78, 5) is 5.03. The summed E-state index contributed by atoms with van der Waals surface area (Å²) in [5, 5.41) is 19.1. The number of likely N-dealkylation sites (tertiary alicyclic amines) is 1. The molecule has 4 atom stereocenters. The van der Waals surface area contributed by atoms with Crippen molar-refractivity contribution in [1.29, 1.82) is 0 Å². The third-order valence-corrected chi connectivity index (χ3v) is 6.61. The van der Waals surface area contributed by atoms with E-state index < -0.39 is 0 Å². The normalized spacial score (nSPS) is 33.6. The van der Waals surface area contributed by atoms with Gasteiger partial charge in [-0.2, -0.15) is 5.10 Å². The minimum Gasteiger partial charge on any atom is -0.391 e. The first-order valence-corrected chi connectivity index (χ1v) is 9.90. The number of nitrogens with zero attached hydrogens (tertiary/aromatic N) is 3. The van der Waals surface area contributed by atoms with Crippen molar-refractivity contribution in [1.82, 2.24) is 20.0 Å². The maximum Gasteiger partial charge on any atom is 0.0698 e. The zero-order valence-electron chi connectivity index (χ0n) is 15.2. The Morgan fingerprint density at radius 1 is 1.15 bits per heavy atom. The number of aromatic nitrogens is 2. The molecule has 26 heavy (non-hydrogen) atoms. The molecule has 2 N–H and O–H groups in total. The van der Waals surface area contributed by atoms with Crippen LogP contribution in [-0.4, -0.2) is 76.6 Å². The first-order chi connectivity index (χ1) is 12.8. The van der Waals surface area contributed by atoms with E-state index in [1.165, 1.54) is 10.9 Å². The number of aliphatic hydroxyl groups is 1. The summed E-state index contributed by atoms with van der Waals surface area (Å²) in [5.74, 6) is 1.35. The Hall–Kier alpha value is -1.47. The molecule has 0 bridgehead atoms. The fourth-order valence-corrected chi connectivity index (χ4v) is 5.28. The lowest BCUT2D eigenvalue weighted by Gasteiger charge is -2.43. The fourth-order valence-electron chi connectivity index (χ4n) is 5.28. The van der Waals surface area contributed by atoms with Crippen LogP contribution in [0.3, 0.4) is 0 Å². The highest BCUT2D eigenvalue weighted by Gasteiger charge is 2.43. The van der Waals surface area contributed by atoms with Gasteiger partial charge < -0.3 is 9.84 Å². The van der Waals surface area contributed by atoms with Crippen LogP contribution in [0.15, 0.2) is 24.4 Å². The molecule has 1 aromatic heterocycles. The molecule has 1 aliphatic carbocycles. The number of rotatable bonds is 3. The van der Waals surface area contributed by atoms with Crippen molar-refractivity contribution >= 4 is 10.9 Å². The maximum absolute atomic E-state index is 10.7. The smallest absolute Gasteiger partial charge is 0.0698 e. The lowest BCUT2D eigenvalue weighted by atomic mass is 9.77. The molecule has 0 spiro atoms. The molecule has 6 heteroatoms. The minimum absolute atomic E-state index is 0.185. The summed E-state index contributed by atoms with van der Waals surface area (Å²) < 4.78 is 5.48. The van der Waals surface area contributed by atoms with E-state index in [2.05, 4.69) is 38.2 Å². The Kier molecular flexibility index (Phi) is 4.44. The highest BCUT2D eigenvalue weighted by molar-refractivity contribution is 5.78. The van der Waals surface area contributed by atoms with Crippen LogP contribution in [0.1, 0.15) is 18.4 Å². The Bertz CT molecular complexity index is 757. The van der Waals surface area contributed by atoms with Gasteiger partial charge in [0.1, 0.15) is 0 Å². The SMILES string of the molecule is O[C@@H]1C[C@H]2CN(Cc3ccc4cn[nH]c4c3)C[C@H]2C[C@H]1N1CCOCC1. The molecule has 3 aliphatic rings. The van der Waals surface area contributed by atoms with Gasteiger partial charge in [0.25, 0.3) is 0 Å². The number of aliphatic hydroxyl groups excluding tert-OH is 1. The minimum atomic E-state index is -0.185. The van der Waals surface area contributed by atoms with E-state index in [4.69, 9.17) is 4.74 Å². The van der Waals surface area contributed by atoms with Crippen LogP contribution < -0.4 is 0 Å². The highest BCUT2D eigenvalue weighted by atomic mass is 16.5. The highest BCUT2D eigenvalue weighted by Crippen LogP contribution is 2.39. The van der Waals surface area contributed by atoms with Gasteiger partial charge >= 0.3 is 0 Å². The number of fused-ring (bicyclic) bond motifs is 2. The Balaban J connectivity index is 1.24. The monoisotopic (exact) mass is 356 g/mol. The van der Waals surface area contributed by atoms with E-state index >= 15 is 0 Å². The molecule has 6 nitrogen and oxygen atoms in total. The van der Waals surface area contributed by atoms with E-state index in [0.717, 1.165) is 64.3 Å². The average Bonchev–Trinajstić information content (AvgIpc) is 3.27. The molecule has 0 amide bonds. The molecule has 3 fully saturated rings. The van der Waals surface area contributed by atoms with E-state index in [0.29, 0.717) is 17.9 Å². The van der Waals surface area contributed by atoms with Gasteiger partial charge in [-0.15, -0.1) is 0 Å². The van der Waals surface area contributed by atoms with Crippen molar-refractivity contribution in [3.05, 3.63) is 30.0 Å². The van der Waals surface area contributed by atoms with Gasteiger partial charge in [-0.1, -0.05) is 12.1 Å². The summed E-state index contributed by atoms with van der Waals surface area (Å²) in [6, 6.07) is 6.90. The third kappa shape index (κ3) is 3.16. The van der Waals surface area contributed by atoms with Gasteiger partial charge in [0.05, 0.1) is 31.0 Å². The van der Waals surface area contributed by atoms with Crippen LogP contribution >= 0.6 is 0 Å². The quantitative estimate of drug-likeness (QED) is 0.872. The fraction of sp³-hybridized carbons (Fsp3) is 0.650. The van der Waals surface area contributed by atoms with E-state index in [1.54, 1.807) is 0 Å². The van der Waals surface area contributed by atoms with E-state index in [9.17, 15) is 5.11 Å². The summed E-state index contributed by atoms with van der Waals surface area (Å²) in [5.41, 5.74) is 2.45. The van der Waals surface area contributed by atoms with Crippen LogP contribution in [0.5, 0.6) is 0 Å². The number of nitrogens with one attached hydrogen (secondary N) is 1. The van der Waals surface area contributed by atoms with Gasteiger partial charge in [0.2, 0.25) is 0 Å². The lowest BCUT2D eigenvalue weighted by molar-refractivity contribution is -0.0520. The van der Waals surface area contributed by atoms with Gasteiger partial charge in [0.15, 0.2) is 0 Å². The molecule has 1 aromatic carbocycles. The predicted octanol–water partition coefficient (Wildman–Crippen LogP) is 1.47. The Morgan fingerprint density at radius 2 is 1.96 bits per heavy atom. The van der Waals surface area contributed by atoms with Crippen LogP contribution in [0.25, 0.3) is 10.9 Å². The molecule has 5 rings (SSSR count). The number of hydrogen-bond donors (Lipinski definition) is 2. The third-order valence-electron chi connectivity index (χ3n) is 6.61. The number of H-pyrrole nitrogens is 1. The Morgan fingerprint density at radius 3 is 2.81 bits per heavy atom. The first-order valence-electron chi connectivity index (χ1n) is 9.90. The van der Waals surface area contributed by atoms with Crippen molar-refractivity contribution in [2.24, 2.45) is 11.8 Å². The first kappa shape index (κ1) is 16.7. The van der Waals surface area contributed by atoms with E-state index in [-0.39, 0.29) is 6.10 Å². The van der Waals surface area contributed by atoms with Crippen LogP contribution in [-0.2, 0) is 11.3 Å². The van der Waals surface area contributed by atoms with Gasteiger partial charge in [0, 0.05) is 44.2 Å². The second-order valence-corrected chi connectivity index (χ2v) is 8.26. The molecule has 2 aromatic rings. The molecule has 0 unspecified atom stereocenters. The summed E-state index contributed by atoms with van der Waals surface area (Å²) in [6.07, 6.45) is 3.76. The summed E-state index contributed by atoms with van der Waals surface area (Å²) in [6.45, 7) is 6.79. The maximum atomic E-state index is 10.7. The van der Waals surface area contributed by atoms with Crippen molar-refractivity contribution in [3.63, 3.8) is 0 Å². The summed E-state index contributed by atoms with van der Waals surface area (Å²) in [7, 11) is 0. The summed E-state index contributed by atoms with van der Waals surface area (Å²) >= 11 is 0. The number of aromatic amines is 1. The Labute approximate surface area is 154 Å². The van der Waals surface area contributed by atoms with Crippen LogP contribution in [0, 0.1) is 11.8 Å². The molecular formula is C20H28N4O2. The van der Waals surface area contributed by atoms with Crippen molar-refractivity contribution in [3.8, 4) is 0 Å². The molecule has 1 saturated carbocycles. The standard InChI is InChI=1S/C20H28N4O2/c25-20-9-17-13-23(11-14-1-2-15-10-21-22-18(15)7-14)12-16(17)8-19(20)24-3-5-26-6-4-24/h1-2,7,10,16-17,19-20,25H,3-6,8-9,11-13H2,(H,21,22)/t16-,17+,19-,20-/m1/s1. The van der Waals surface area contributed by atoms with Gasteiger partial charge in [-0.3, -0.25) is 14.9 Å². The largest absolute Gasteiger partial charge is 0.391 e. The predicted molar refractivity (Wildman–Crippen MR) is 99.8 cm³/mol. The van der Waals surface area contributed by atoms with Gasteiger partial charge in [-0.05, 0) is 36.3 Å². The van der Waals surface area contributed by atoms with Crippen molar-refractivity contribution in [2.45, 2.75) is 31.5 Å². The van der Waals surface area contributed by atoms with Crippen LogP contribution in [0.2, 0.25) is 0 Å². The van der Waals surface area contributed by atoms with Crippen LogP contribution in [0.4, 0.5) is 0 Å². The topological polar surface area (TPSA) is 64.6 Å². The second-order valence-electron chi connectivity index (χ2n) is 8.26. The average molecular weight is 356 g/mol. The zero-order chi connectivity index (χ0) is 17.5. The van der Waals surface area contributed by atoms with E-state index in [1.807, 2.05) is 6.20 Å². The molecular weight excluding hydrogens is 328 g/mol. The lowest BCUT2D eigenvalue weighted by Crippen LogP contribution is -2.53. The van der Waals surface area contributed by atoms with Crippen molar-refractivity contribution < 1.29 is 9.84 Å². The molecule has 2 saturated heterocycles. The molecule has 0 radical (unpaired) electrons. The number of hydrogen-bond acceptors (Lipinski definition) is 5. The number of morpholine rings is 1. The molecule has 2 aliphatic heterocycles.